The molecule has 6 nitrogen and oxygen atoms in total. The quantitative estimate of drug-likeness (QED) is 0.776. The normalized spacial score (nSPS) is 10.5. The Morgan fingerprint density at radius 1 is 1.14 bits per heavy atom. The molecule has 0 bridgehead atoms. The molecule has 0 aliphatic heterocycles. The first-order valence-electron chi connectivity index (χ1n) is 6.14. The van der Waals surface area contributed by atoms with Crippen LogP contribution in [0.2, 0.25) is 0 Å². The van der Waals surface area contributed by atoms with Crippen LogP contribution >= 0.6 is 22.6 Å². The number of nitrogens with zero attached hydrogens (tertiary/aromatic N) is 2. The second-order valence-corrected chi connectivity index (χ2v) is 5.27. The Morgan fingerprint density at radius 2 is 1.90 bits per heavy atom. The molecule has 0 fully saturated rings. The zero-order chi connectivity index (χ0) is 15.4. The number of benzene rings is 1. The summed E-state index contributed by atoms with van der Waals surface area (Å²) in [5.41, 5.74) is 7.45. The average Bonchev–Trinajstić information content (AvgIpc) is 2.51. The lowest BCUT2D eigenvalue weighted by Gasteiger charge is -2.12. The van der Waals surface area contributed by atoms with Crippen molar-refractivity contribution in [3.63, 3.8) is 0 Å². The molecule has 0 radical (unpaired) electrons. The Labute approximate surface area is 136 Å². The predicted octanol–water partition coefficient (Wildman–Crippen LogP) is 2.49. The zero-order valence-electron chi connectivity index (χ0n) is 12.0. The molecule has 0 aliphatic rings. The maximum absolute atomic E-state index is 5.96. The Balaban J connectivity index is 2.56. The van der Waals surface area contributed by atoms with Crippen LogP contribution < -0.4 is 15.2 Å². The van der Waals surface area contributed by atoms with E-state index in [0.717, 1.165) is 14.8 Å². The lowest BCUT2D eigenvalue weighted by atomic mass is 10.1. The number of nitrogens with two attached hydrogens (primary N) is 1. The maximum Gasteiger partial charge on any atom is 0.165 e. The van der Waals surface area contributed by atoms with E-state index in [1.165, 1.54) is 0 Å². The molecular weight excluding hydrogens is 385 g/mol. The van der Waals surface area contributed by atoms with Gasteiger partial charge in [-0.25, -0.2) is 9.97 Å². The van der Waals surface area contributed by atoms with Crippen LogP contribution in [0, 0.1) is 3.57 Å². The summed E-state index contributed by atoms with van der Waals surface area (Å²) in [7, 11) is 4.80. The van der Waals surface area contributed by atoms with Crippen LogP contribution in [0.1, 0.15) is 5.69 Å². The van der Waals surface area contributed by atoms with Crippen LogP contribution in [0.4, 0.5) is 5.82 Å². The summed E-state index contributed by atoms with van der Waals surface area (Å²) in [5.74, 6) is 2.24. The third-order valence-electron chi connectivity index (χ3n) is 2.88. The first-order valence-corrected chi connectivity index (χ1v) is 7.21. The summed E-state index contributed by atoms with van der Waals surface area (Å²) in [6, 6.07) is 5.45. The van der Waals surface area contributed by atoms with E-state index < -0.39 is 0 Å². The van der Waals surface area contributed by atoms with E-state index in [1.807, 2.05) is 12.1 Å². The van der Waals surface area contributed by atoms with Gasteiger partial charge in [0.2, 0.25) is 0 Å². The highest BCUT2D eigenvalue weighted by Crippen LogP contribution is 2.32. The van der Waals surface area contributed by atoms with Crippen molar-refractivity contribution in [2.45, 2.75) is 6.61 Å². The Morgan fingerprint density at radius 3 is 2.52 bits per heavy atom. The minimum atomic E-state index is 0.371. The van der Waals surface area contributed by atoms with Gasteiger partial charge in [-0.3, -0.25) is 0 Å². The average molecular weight is 401 g/mol. The molecule has 2 N–H and O–H groups in total. The fourth-order valence-corrected chi connectivity index (χ4v) is 2.25. The van der Waals surface area contributed by atoms with Gasteiger partial charge in [-0.15, -0.1) is 0 Å². The zero-order valence-corrected chi connectivity index (χ0v) is 14.2. The molecule has 21 heavy (non-hydrogen) atoms. The largest absolute Gasteiger partial charge is 0.497 e. The summed E-state index contributed by atoms with van der Waals surface area (Å²) in [6.07, 6.45) is 0. The van der Waals surface area contributed by atoms with Gasteiger partial charge in [-0.2, -0.15) is 0 Å². The third-order valence-corrected chi connectivity index (χ3v) is 4.05. The molecule has 1 aromatic heterocycles. The van der Waals surface area contributed by atoms with E-state index in [0.29, 0.717) is 29.7 Å². The fraction of sp³-hybridized carbons (Fsp3) is 0.286. The van der Waals surface area contributed by atoms with Crippen LogP contribution in [0.15, 0.2) is 18.2 Å². The van der Waals surface area contributed by atoms with Gasteiger partial charge < -0.3 is 19.9 Å². The van der Waals surface area contributed by atoms with Crippen molar-refractivity contribution in [3.05, 3.63) is 27.5 Å². The van der Waals surface area contributed by atoms with Crippen molar-refractivity contribution in [2.75, 3.05) is 27.1 Å². The SMILES string of the molecule is COCc1nc(-c2ccc(OC)cc2OC)nc(N)c1I. The number of aromatic nitrogens is 2. The monoisotopic (exact) mass is 401 g/mol. The fourth-order valence-electron chi connectivity index (χ4n) is 1.85. The smallest absolute Gasteiger partial charge is 0.165 e. The van der Waals surface area contributed by atoms with Crippen molar-refractivity contribution >= 4 is 28.4 Å². The molecule has 0 unspecified atom stereocenters. The molecule has 2 rings (SSSR count). The minimum absolute atomic E-state index is 0.371. The van der Waals surface area contributed by atoms with Crippen LogP contribution in [-0.2, 0) is 11.3 Å². The second-order valence-electron chi connectivity index (χ2n) is 4.19. The van der Waals surface area contributed by atoms with E-state index in [-0.39, 0.29) is 0 Å². The molecule has 0 saturated heterocycles. The molecule has 112 valence electrons. The second kappa shape index (κ2) is 6.90. The summed E-state index contributed by atoms with van der Waals surface area (Å²) in [6.45, 7) is 0.371. The first-order chi connectivity index (χ1) is 10.1. The van der Waals surface area contributed by atoms with E-state index in [9.17, 15) is 0 Å². The number of nitrogen functional groups attached to an aromatic ring is 1. The Kier molecular flexibility index (Phi) is 5.18. The lowest BCUT2D eigenvalue weighted by molar-refractivity contribution is 0.181. The van der Waals surface area contributed by atoms with Gasteiger partial charge in [0, 0.05) is 13.2 Å². The number of ether oxygens (including phenoxy) is 3. The summed E-state index contributed by atoms with van der Waals surface area (Å²) < 4.78 is 16.5. The van der Waals surface area contributed by atoms with Gasteiger partial charge in [-0.05, 0) is 34.7 Å². The summed E-state index contributed by atoms with van der Waals surface area (Å²) in [5, 5.41) is 0. The van der Waals surface area contributed by atoms with Gasteiger partial charge in [0.1, 0.15) is 17.3 Å². The molecular formula is C14H16IN3O3. The van der Waals surface area contributed by atoms with Crippen LogP contribution in [0.5, 0.6) is 11.5 Å². The number of methoxy groups -OCH3 is 3. The standard InChI is InChI=1S/C14H16IN3O3/c1-19-7-10-12(15)13(16)18-14(17-10)9-5-4-8(20-2)6-11(9)21-3/h4-6H,7H2,1-3H3,(H2,16,17,18). The number of rotatable bonds is 5. The number of hydrogen-bond donors (Lipinski definition) is 1. The molecule has 0 aliphatic carbocycles. The topological polar surface area (TPSA) is 79.5 Å². The van der Waals surface area contributed by atoms with Crippen LogP contribution in [-0.4, -0.2) is 31.3 Å². The maximum atomic E-state index is 5.96. The van der Waals surface area contributed by atoms with Gasteiger partial charge >= 0.3 is 0 Å². The van der Waals surface area contributed by atoms with Gasteiger partial charge in [0.25, 0.3) is 0 Å². The van der Waals surface area contributed by atoms with E-state index in [2.05, 4.69) is 32.6 Å². The van der Waals surface area contributed by atoms with Gasteiger partial charge in [0.15, 0.2) is 5.82 Å². The highest BCUT2D eigenvalue weighted by Gasteiger charge is 2.15. The molecule has 0 amide bonds. The molecule has 1 heterocycles. The number of hydrogen-bond acceptors (Lipinski definition) is 6. The van der Waals surface area contributed by atoms with E-state index in [1.54, 1.807) is 27.4 Å². The lowest BCUT2D eigenvalue weighted by Crippen LogP contribution is -2.06. The van der Waals surface area contributed by atoms with Gasteiger partial charge in [-0.1, -0.05) is 0 Å². The Hall–Kier alpha value is -1.61. The van der Waals surface area contributed by atoms with Crippen molar-refractivity contribution in [1.29, 1.82) is 0 Å². The van der Waals surface area contributed by atoms with E-state index >= 15 is 0 Å². The van der Waals surface area contributed by atoms with Crippen molar-refractivity contribution in [1.82, 2.24) is 9.97 Å². The summed E-state index contributed by atoms with van der Waals surface area (Å²) in [4.78, 5) is 8.85. The highest BCUT2D eigenvalue weighted by atomic mass is 127. The molecule has 0 atom stereocenters. The van der Waals surface area contributed by atoms with E-state index in [4.69, 9.17) is 19.9 Å². The highest BCUT2D eigenvalue weighted by molar-refractivity contribution is 14.1. The predicted molar refractivity (Wildman–Crippen MR) is 88.4 cm³/mol. The van der Waals surface area contributed by atoms with Crippen molar-refractivity contribution < 1.29 is 14.2 Å². The third kappa shape index (κ3) is 3.35. The van der Waals surface area contributed by atoms with Crippen molar-refractivity contribution in [3.8, 4) is 22.9 Å². The molecule has 0 spiro atoms. The molecule has 1 aromatic carbocycles. The molecule has 0 saturated carbocycles. The number of anilines is 1. The van der Waals surface area contributed by atoms with Crippen LogP contribution in [0.25, 0.3) is 11.4 Å². The van der Waals surface area contributed by atoms with Crippen LogP contribution in [0.3, 0.4) is 0 Å². The molecule has 7 heteroatoms. The molecule has 2 aromatic rings. The Bertz CT molecular complexity index is 650. The van der Waals surface area contributed by atoms with Gasteiger partial charge in [0.05, 0.1) is 35.7 Å². The van der Waals surface area contributed by atoms with Crippen molar-refractivity contribution in [2.24, 2.45) is 0 Å². The number of halogens is 1. The first kappa shape index (κ1) is 15.8. The minimum Gasteiger partial charge on any atom is -0.497 e. The summed E-state index contributed by atoms with van der Waals surface area (Å²) >= 11 is 2.11.